The van der Waals surface area contributed by atoms with E-state index in [4.69, 9.17) is 31.3 Å². The number of carbonyl (C=O) groups is 3. The highest BCUT2D eigenvalue weighted by molar-refractivity contribution is 6.31. The third-order valence-corrected chi connectivity index (χ3v) is 7.20. The summed E-state index contributed by atoms with van der Waals surface area (Å²) in [5.41, 5.74) is 1.92. The van der Waals surface area contributed by atoms with Crippen LogP contribution >= 0.6 is 11.6 Å². The third-order valence-electron chi connectivity index (χ3n) is 6.87. The van der Waals surface area contributed by atoms with Crippen LogP contribution in [0.15, 0.2) is 47.4 Å². The molecule has 0 saturated carbocycles. The van der Waals surface area contributed by atoms with Gasteiger partial charge in [-0.25, -0.2) is 14.6 Å². The molecule has 3 aromatic rings. The maximum Gasteiger partial charge on any atom is 0.328 e. The second-order valence-electron chi connectivity index (χ2n) is 9.93. The Morgan fingerprint density at radius 3 is 2.64 bits per heavy atom. The molecule has 234 valence electrons. The second kappa shape index (κ2) is 14.7. The van der Waals surface area contributed by atoms with Gasteiger partial charge in [0.1, 0.15) is 5.75 Å². The number of pyridine rings is 3. The molecule has 0 aromatic carbocycles. The van der Waals surface area contributed by atoms with Gasteiger partial charge in [-0.3, -0.25) is 19.5 Å². The van der Waals surface area contributed by atoms with Crippen LogP contribution in [0.1, 0.15) is 5.69 Å². The Hall–Kier alpha value is -4.57. The molecule has 0 radical (unpaired) electrons. The second-order valence-corrected chi connectivity index (χ2v) is 10.3. The first-order valence-electron chi connectivity index (χ1n) is 13.4. The average molecular weight is 631 g/mol. The van der Waals surface area contributed by atoms with Gasteiger partial charge < -0.3 is 40.0 Å². The standard InChI is InChI=1S/C24H27ClN6O5.C4H4O4/c1-35-15-6-19-17(27-9-15)2-3-23(34)31(19)5-4-30-11-14(20(32)12-30)8-26-10-18-16(25)7-21-24(28-18)29-22(33)13-36-21;5-3(6)1-2-4(7)8/h2-3,6-7,9,14,20,26,32H,4-5,8,10-13H2,1H3,(H,28,29,33);1-2H,(H,5,6)(H,7,8)/b;2-1+/t14-,20+;/m0./s1. The van der Waals surface area contributed by atoms with Crippen LogP contribution in [-0.4, -0.2) is 98.6 Å². The number of nitrogens with zero attached hydrogens (tertiary/aromatic N) is 4. The van der Waals surface area contributed by atoms with Crippen LogP contribution in [0.3, 0.4) is 0 Å². The summed E-state index contributed by atoms with van der Waals surface area (Å²) in [6.45, 7) is 3.18. The monoisotopic (exact) mass is 630 g/mol. The number of likely N-dealkylation sites (tertiary alicyclic amines) is 1. The lowest BCUT2D eigenvalue weighted by Crippen LogP contribution is -2.31. The van der Waals surface area contributed by atoms with E-state index in [1.165, 1.54) is 6.07 Å². The van der Waals surface area contributed by atoms with E-state index >= 15 is 0 Å². The van der Waals surface area contributed by atoms with E-state index in [9.17, 15) is 24.3 Å². The fourth-order valence-corrected chi connectivity index (χ4v) is 4.93. The molecule has 15 nitrogen and oxygen atoms in total. The number of carboxylic acid groups (broad SMARTS) is 2. The van der Waals surface area contributed by atoms with Crippen molar-refractivity contribution in [2.75, 3.05) is 45.2 Å². The van der Waals surface area contributed by atoms with E-state index in [-0.39, 0.29) is 24.0 Å². The fraction of sp³-hybridized carbons (Fsp3) is 0.357. The zero-order chi connectivity index (χ0) is 31.8. The summed E-state index contributed by atoms with van der Waals surface area (Å²) >= 11 is 6.32. The van der Waals surface area contributed by atoms with E-state index in [2.05, 4.69) is 25.5 Å². The molecule has 0 unspecified atom stereocenters. The van der Waals surface area contributed by atoms with Gasteiger partial charge in [0.15, 0.2) is 18.2 Å². The first-order chi connectivity index (χ1) is 21.0. The number of aliphatic carboxylic acids is 2. The minimum Gasteiger partial charge on any atom is -0.495 e. The van der Waals surface area contributed by atoms with Crippen molar-refractivity contribution in [2.24, 2.45) is 5.92 Å². The quantitative estimate of drug-likeness (QED) is 0.195. The van der Waals surface area contributed by atoms with Gasteiger partial charge in [0, 0.05) is 75.5 Å². The number of ether oxygens (including phenoxy) is 2. The van der Waals surface area contributed by atoms with Crippen LogP contribution in [0, 0.1) is 5.92 Å². The number of amides is 1. The van der Waals surface area contributed by atoms with Crippen molar-refractivity contribution in [1.82, 2.24) is 24.8 Å². The zero-order valence-corrected chi connectivity index (χ0v) is 24.4. The van der Waals surface area contributed by atoms with E-state index in [0.717, 1.165) is 11.0 Å². The van der Waals surface area contributed by atoms with E-state index < -0.39 is 18.0 Å². The van der Waals surface area contributed by atoms with Crippen molar-refractivity contribution in [3.05, 3.63) is 63.7 Å². The van der Waals surface area contributed by atoms with Gasteiger partial charge in [0.25, 0.3) is 11.5 Å². The number of nitrogens with one attached hydrogen (secondary N) is 2. The molecule has 16 heteroatoms. The summed E-state index contributed by atoms with van der Waals surface area (Å²) in [4.78, 5) is 54.1. The van der Waals surface area contributed by atoms with Gasteiger partial charge in [-0.1, -0.05) is 11.6 Å². The van der Waals surface area contributed by atoms with Crippen molar-refractivity contribution in [2.45, 2.75) is 19.2 Å². The SMILES string of the molecule is COc1cnc2ccc(=O)n(CCN3C[C@H](CNCc4nc5c(cc4Cl)OCC(=O)N5)[C@H](O)C3)c2c1.O=C(O)/C=C/C(=O)O. The maximum absolute atomic E-state index is 12.5. The minimum atomic E-state index is -1.26. The van der Waals surface area contributed by atoms with Crippen molar-refractivity contribution >= 4 is 46.3 Å². The molecule has 0 spiro atoms. The normalized spacial score (nSPS) is 17.8. The lowest BCUT2D eigenvalue weighted by Gasteiger charge is -2.19. The number of carbonyl (C=O) groups excluding carboxylic acids is 1. The van der Waals surface area contributed by atoms with Crippen LogP contribution in [0.4, 0.5) is 5.82 Å². The largest absolute Gasteiger partial charge is 0.495 e. The highest BCUT2D eigenvalue weighted by Gasteiger charge is 2.31. The number of halogens is 1. The number of carboxylic acids is 2. The number of hydrogen-bond acceptors (Lipinski definition) is 11. The molecule has 2 aliphatic rings. The molecule has 2 atom stereocenters. The van der Waals surface area contributed by atoms with Crippen LogP contribution in [0.2, 0.25) is 5.02 Å². The van der Waals surface area contributed by atoms with Crippen molar-refractivity contribution < 1.29 is 39.2 Å². The zero-order valence-electron chi connectivity index (χ0n) is 23.6. The highest BCUT2D eigenvalue weighted by atomic mass is 35.5. The van der Waals surface area contributed by atoms with Crippen LogP contribution in [-0.2, 0) is 27.5 Å². The summed E-state index contributed by atoms with van der Waals surface area (Å²) in [7, 11) is 1.57. The molecule has 1 amide bonds. The van der Waals surface area contributed by atoms with Gasteiger partial charge >= 0.3 is 11.9 Å². The van der Waals surface area contributed by atoms with Crippen LogP contribution in [0.5, 0.6) is 11.5 Å². The summed E-state index contributed by atoms with van der Waals surface area (Å²) in [6.07, 6.45) is 2.25. The topological polar surface area (TPSA) is 205 Å². The molecular formula is C28H31ClN6O9. The minimum absolute atomic E-state index is 0.00967. The molecule has 5 rings (SSSR count). The van der Waals surface area contributed by atoms with Crippen LogP contribution in [0.25, 0.3) is 11.0 Å². The Bertz CT molecular complexity index is 1610. The maximum atomic E-state index is 12.5. The number of methoxy groups -OCH3 is 1. The number of fused-ring (bicyclic) bond motifs is 2. The van der Waals surface area contributed by atoms with E-state index in [1.54, 1.807) is 30.0 Å². The van der Waals surface area contributed by atoms with E-state index in [1.807, 2.05) is 6.07 Å². The van der Waals surface area contributed by atoms with Gasteiger partial charge in [-0.05, 0) is 6.07 Å². The lowest BCUT2D eigenvalue weighted by atomic mass is 10.1. The van der Waals surface area contributed by atoms with E-state index in [0.29, 0.717) is 79.5 Å². The molecule has 5 heterocycles. The van der Waals surface area contributed by atoms with Crippen molar-refractivity contribution in [3.63, 3.8) is 0 Å². The number of β-amino-alcohol motifs (C(OH)–C–C–N with tert-alkyl or cyclic N) is 1. The summed E-state index contributed by atoms with van der Waals surface area (Å²) in [6, 6.07) is 6.68. The number of aromatic nitrogens is 3. The third kappa shape index (κ3) is 8.50. The number of aliphatic hydroxyl groups is 1. The molecule has 44 heavy (non-hydrogen) atoms. The number of hydrogen-bond donors (Lipinski definition) is 5. The number of rotatable bonds is 10. The molecular weight excluding hydrogens is 600 g/mol. The van der Waals surface area contributed by atoms with Gasteiger partial charge in [-0.2, -0.15) is 0 Å². The highest BCUT2D eigenvalue weighted by Crippen LogP contribution is 2.30. The smallest absolute Gasteiger partial charge is 0.328 e. The molecule has 1 saturated heterocycles. The Labute approximate surface area is 255 Å². The molecule has 1 fully saturated rings. The number of anilines is 1. The van der Waals surface area contributed by atoms with Crippen molar-refractivity contribution in [3.8, 4) is 11.5 Å². The first kappa shape index (κ1) is 32.3. The summed E-state index contributed by atoms with van der Waals surface area (Å²) in [5.74, 6) is -1.37. The lowest BCUT2D eigenvalue weighted by molar-refractivity contribution is -0.134. The molecule has 2 aliphatic heterocycles. The predicted molar refractivity (Wildman–Crippen MR) is 158 cm³/mol. The Morgan fingerprint density at radius 1 is 1.18 bits per heavy atom. The predicted octanol–water partition coefficient (Wildman–Crippen LogP) is 0.579. The van der Waals surface area contributed by atoms with Gasteiger partial charge in [-0.15, -0.1) is 0 Å². The molecule has 0 bridgehead atoms. The average Bonchev–Trinajstić information content (AvgIpc) is 3.34. The Balaban J connectivity index is 0.000000488. The Kier molecular flexibility index (Phi) is 10.8. The van der Waals surface area contributed by atoms with Crippen LogP contribution < -0.4 is 25.7 Å². The number of aliphatic hydroxyl groups excluding tert-OH is 1. The fourth-order valence-electron chi connectivity index (χ4n) is 4.72. The van der Waals surface area contributed by atoms with Gasteiger partial charge in [0.05, 0.1) is 41.2 Å². The molecule has 5 N–H and O–H groups in total. The summed E-state index contributed by atoms with van der Waals surface area (Å²) in [5, 5.41) is 32.7. The first-order valence-corrected chi connectivity index (χ1v) is 13.8. The van der Waals surface area contributed by atoms with Gasteiger partial charge in [0.2, 0.25) is 0 Å². The molecule has 0 aliphatic carbocycles. The Morgan fingerprint density at radius 2 is 1.93 bits per heavy atom. The summed E-state index contributed by atoms with van der Waals surface area (Å²) < 4.78 is 12.3. The molecule has 3 aromatic heterocycles. The van der Waals surface area contributed by atoms with Crippen molar-refractivity contribution in [1.29, 1.82) is 0 Å².